The number of hydrogen-bond donors (Lipinski definition) is 0. The summed E-state index contributed by atoms with van der Waals surface area (Å²) in [7, 11) is 0. The second-order valence-electron chi connectivity index (χ2n) is 3.56. The van der Waals surface area contributed by atoms with Gasteiger partial charge in [-0.2, -0.15) is 0 Å². The summed E-state index contributed by atoms with van der Waals surface area (Å²) in [5, 5.41) is 4.50. The van der Waals surface area contributed by atoms with E-state index in [-0.39, 0.29) is 12.2 Å². The maximum absolute atomic E-state index is 5.53. The first-order chi connectivity index (χ1) is 7.28. The van der Waals surface area contributed by atoms with E-state index >= 15 is 0 Å². The number of nitrogens with zero attached hydrogens (tertiary/aromatic N) is 1. The van der Waals surface area contributed by atoms with Gasteiger partial charge in [-0.05, 0) is 26.7 Å². The fourth-order valence-electron chi connectivity index (χ4n) is 1.43. The summed E-state index contributed by atoms with van der Waals surface area (Å²) in [5.41, 5.74) is 0. The van der Waals surface area contributed by atoms with Gasteiger partial charge in [-0.3, -0.25) is 0 Å². The Kier molecular flexibility index (Phi) is 10.3. The van der Waals surface area contributed by atoms with E-state index in [0.29, 0.717) is 0 Å². The molecule has 0 spiro atoms. The minimum atomic E-state index is 0.286. The van der Waals surface area contributed by atoms with Crippen molar-refractivity contribution in [3.63, 3.8) is 0 Å². The van der Waals surface area contributed by atoms with Crippen LogP contribution in [0.3, 0.4) is 0 Å². The van der Waals surface area contributed by atoms with Crippen molar-refractivity contribution in [2.24, 2.45) is 0 Å². The molecule has 91 valence electrons. The summed E-state index contributed by atoms with van der Waals surface area (Å²) in [6.07, 6.45) is 2.63. The third-order valence-corrected chi connectivity index (χ3v) is 2.38. The molecule has 0 heterocycles. The summed E-state index contributed by atoms with van der Waals surface area (Å²) in [4.78, 5) is 0. The van der Waals surface area contributed by atoms with Crippen molar-refractivity contribution in [2.45, 2.75) is 52.7 Å². The first kappa shape index (κ1) is 14.9. The SMILES string of the molecule is CCOC(CC)C[N]CC(CC)OCC. The molecule has 0 aliphatic rings. The number of rotatable bonds is 10. The second kappa shape index (κ2) is 10.4. The van der Waals surface area contributed by atoms with Crippen molar-refractivity contribution in [1.82, 2.24) is 5.32 Å². The smallest absolute Gasteiger partial charge is 0.0713 e. The van der Waals surface area contributed by atoms with E-state index < -0.39 is 0 Å². The van der Waals surface area contributed by atoms with Gasteiger partial charge in [0.15, 0.2) is 0 Å². The van der Waals surface area contributed by atoms with Crippen LogP contribution in [-0.2, 0) is 9.47 Å². The third-order valence-electron chi connectivity index (χ3n) is 2.38. The molecule has 0 aliphatic carbocycles. The topological polar surface area (TPSA) is 32.6 Å². The minimum absolute atomic E-state index is 0.286. The van der Waals surface area contributed by atoms with Gasteiger partial charge in [0.2, 0.25) is 0 Å². The van der Waals surface area contributed by atoms with E-state index in [1.165, 1.54) is 0 Å². The predicted molar refractivity (Wildman–Crippen MR) is 63.3 cm³/mol. The average molecular weight is 216 g/mol. The highest BCUT2D eigenvalue weighted by Crippen LogP contribution is 1.99. The van der Waals surface area contributed by atoms with Gasteiger partial charge in [0.05, 0.1) is 12.2 Å². The summed E-state index contributed by atoms with van der Waals surface area (Å²) in [5.74, 6) is 0. The molecule has 2 atom stereocenters. The van der Waals surface area contributed by atoms with Crippen LogP contribution < -0.4 is 5.32 Å². The molecule has 0 aromatic carbocycles. The standard InChI is InChI=1S/C12H26NO2/c1-5-11(14-7-3)9-13-10-12(6-2)15-8-4/h11-12H,5-10H2,1-4H3. The molecule has 0 aromatic heterocycles. The Balaban J connectivity index is 3.55. The lowest BCUT2D eigenvalue weighted by Gasteiger charge is -2.18. The summed E-state index contributed by atoms with van der Waals surface area (Å²) in [6, 6.07) is 0. The quantitative estimate of drug-likeness (QED) is 0.561. The van der Waals surface area contributed by atoms with Gasteiger partial charge in [-0.25, -0.2) is 5.32 Å². The largest absolute Gasteiger partial charge is 0.377 e. The molecule has 0 aliphatic heterocycles. The molecule has 0 rings (SSSR count). The highest BCUT2D eigenvalue weighted by Gasteiger charge is 2.09. The molecule has 0 amide bonds. The lowest BCUT2D eigenvalue weighted by Crippen LogP contribution is -2.30. The second-order valence-corrected chi connectivity index (χ2v) is 3.56. The number of ether oxygens (including phenoxy) is 2. The van der Waals surface area contributed by atoms with Crippen LogP contribution in [0.1, 0.15) is 40.5 Å². The fourth-order valence-corrected chi connectivity index (χ4v) is 1.43. The Labute approximate surface area is 94.5 Å². The van der Waals surface area contributed by atoms with Crippen molar-refractivity contribution in [3.8, 4) is 0 Å². The third kappa shape index (κ3) is 7.77. The molecule has 2 unspecified atom stereocenters. The van der Waals surface area contributed by atoms with Crippen LogP contribution in [0.25, 0.3) is 0 Å². The summed E-state index contributed by atoms with van der Waals surface area (Å²) in [6.45, 7) is 11.5. The molecule has 0 N–H and O–H groups in total. The van der Waals surface area contributed by atoms with Crippen LogP contribution >= 0.6 is 0 Å². The molecule has 15 heavy (non-hydrogen) atoms. The van der Waals surface area contributed by atoms with Gasteiger partial charge < -0.3 is 9.47 Å². The van der Waals surface area contributed by atoms with Crippen molar-refractivity contribution < 1.29 is 9.47 Å². The first-order valence-corrected chi connectivity index (χ1v) is 6.14. The van der Waals surface area contributed by atoms with Gasteiger partial charge >= 0.3 is 0 Å². The van der Waals surface area contributed by atoms with Crippen LogP contribution in [-0.4, -0.2) is 38.5 Å². The Morgan fingerprint density at radius 3 is 1.47 bits per heavy atom. The van der Waals surface area contributed by atoms with Crippen LogP contribution in [0.4, 0.5) is 0 Å². The van der Waals surface area contributed by atoms with Crippen molar-refractivity contribution in [2.75, 3.05) is 26.3 Å². The Morgan fingerprint density at radius 2 is 1.20 bits per heavy atom. The van der Waals surface area contributed by atoms with E-state index in [2.05, 4.69) is 19.2 Å². The molecule has 0 bridgehead atoms. The van der Waals surface area contributed by atoms with Gasteiger partial charge in [0, 0.05) is 26.3 Å². The van der Waals surface area contributed by atoms with Crippen LogP contribution in [0, 0.1) is 0 Å². The molecule has 3 nitrogen and oxygen atoms in total. The zero-order chi connectivity index (χ0) is 11.5. The zero-order valence-corrected chi connectivity index (χ0v) is 10.7. The fraction of sp³-hybridized carbons (Fsp3) is 1.00. The van der Waals surface area contributed by atoms with E-state index in [1.807, 2.05) is 13.8 Å². The van der Waals surface area contributed by atoms with E-state index in [1.54, 1.807) is 0 Å². The Hall–Kier alpha value is -0.120. The molecular weight excluding hydrogens is 190 g/mol. The molecule has 1 radical (unpaired) electrons. The van der Waals surface area contributed by atoms with Gasteiger partial charge in [-0.15, -0.1) is 0 Å². The van der Waals surface area contributed by atoms with E-state index in [0.717, 1.165) is 39.1 Å². The van der Waals surface area contributed by atoms with Crippen molar-refractivity contribution >= 4 is 0 Å². The molecule has 0 saturated heterocycles. The zero-order valence-electron chi connectivity index (χ0n) is 10.7. The summed E-state index contributed by atoms with van der Waals surface area (Å²) >= 11 is 0. The lowest BCUT2D eigenvalue weighted by molar-refractivity contribution is 0.0412. The van der Waals surface area contributed by atoms with Crippen molar-refractivity contribution in [3.05, 3.63) is 0 Å². The maximum Gasteiger partial charge on any atom is 0.0713 e. The van der Waals surface area contributed by atoms with Crippen LogP contribution in [0.5, 0.6) is 0 Å². The van der Waals surface area contributed by atoms with Gasteiger partial charge in [-0.1, -0.05) is 13.8 Å². The van der Waals surface area contributed by atoms with Crippen LogP contribution in [0.2, 0.25) is 0 Å². The van der Waals surface area contributed by atoms with Crippen LogP contribution in [0.15, 0.2) is 0 Å². The van der Waals surface area contributed by atoms with E-state index in [9.17, 15) is 0 Å². The maximum atomic E-state index is 5.53. The first-order valence-electron chi connectivity index (χ1n) is 6.14. The molecule has 0 aromatic rings. The highest BCUT2D eigenvalue weighted by molar-refractivity contribution is 4.63. The average Bonchev–Trinajstić information content (AvgIpc) is 2.26. The Bertz CT molecular complexity index is 117. The molecular formula is C12H26NO2. The van der Waals surface area contributed by atoms with Gasteiger partial charge in [0.1, 0.15) is 0 Å². The molecule has 0 fully saturated rings. The predicted octanol–water partition coefficient (Wildman–Crippen LogP) is 2.22. The normalized spacial score (nSPS) is 15.2. The Morgan fingerprint density at radius 1 is 0.800 bits per heavy atom. The number of hydrogen-bond acceptors (Lipinski definition) is 2. The van der Waals surface area contributed by atoms with E-state index in [4.69, 9.17) is 9.47 Å². The molecule has 0 saturated carbocycles. The van der Waals surface area contributed by atoms with Crippen molar-refractivity contribution in [1.29, 1.82) is 0 Å². The lowest BCUT2D eigenvalue weighted by atomic mass is 10.2. The monoisotopic (exact) mass is 216 g/mol. The van der Waals surface area contributed by atoms with Gasteiger partial charge in [0.25, 0.3) is 0 Å². The molecule has 3 heteroatoms. The summed E-state index contributed by atoms with van der Waals surface area (Å²) < 4.78 is 11.1. The minimum Gasteiger partial charge on any atom is -0.377 e. The highest BCUT2D eigenvalue weighted by atomic mass is 16.5.